The number of aromatic nitrogens is 2. The Morgan fingerprint density at radius 2 is 1.82 bits per heavy atom. The van der Waals surface area contributed by atoms with Crippen molar-refractivity contribution in [3.05, 3.63) is 42.3 Å². The van der Waals surface area contributed by atoms with Crippen molar-refractivity contribution in [2.75, 3.05) is 0 Å². The van der Waals surface area contributed by atoms with E-state index in [1.165, 1.54) is 36.4 Å². The van der Waals surface area contributed by atoms with Crippen LogP contribution in [0.15, 0.2) is 50.2 Å². The number of hydrogen-bond donors (Lipinski definition) is 2. The number of furan rings is 1. The maximum absolute atomic E-state index is 12.7. The molecule has 0 spiro atoms. The molecule has 9 nitrogen and oxygen atoms in total. The van der Waals surface area contributed by atoms with Gasteiger partial charge in [-0.05, 0) is 36.2 Å². The minimum Gasteiger partial charge on any atom is -0.480 e. The molecule has 1 atom stereocenters. The van der Waals surface area contributed by atoms with E-state index in [4.69, 9.17) is 4.42 Å². The summed E-state index contributed by atoms with van der Waals surface area (Å²) < 4.78 is 75.7. The second-order valence-corrected chi connectivity index (χ2v) is 9.29. The standard InChI is InChI=1S/C20H16F3N3O6S/c1-9(2)16(18(27)28)26-33(29,30)11-4-5-12-13-7-10(3-6-14(13)31-15(12)8-11)17-24-19(32-25-17)20(21,22)23/h3-9,16,26H,1-2H3,(H,27,28)/t16-/m0/s1. The van der Waals surface area contributed by atoms with Crippen LogP contribution in [0.1, 0.15) is 19.7 Å². The van der Waals surface area contributed by atoms with Crippen molar-refractivity contribution in [1.82, 2.24) is 14.9 Å². The van der Waals surface area contributed by atoms with Gasteiger partial charge in [-0.1, -0.05) is 19.0 Å². The molecule has 0 amide bonds. The van der Waals surface area contributed by atoms with Crippen LogP contribution in [0.2, 0.25) is 0 Å². The van der Waals surface area contributed by atoms with E-state index in [-0.39, 0.29) is 21.9 Å². The van der Waals surface area contributed by atoms with Gasteiger partial charge in [0.25, 0.3) is 0 Å². The Balaban J connectivity index is 1.73. The van der Waals surface area contributed by atoms with Gasteiger partial charge in [-0.25, -0.2) is 8.42 Å². The normalized spacial score (nSPS) is 13.8. The lowest BCUT2D eigenvalue weighted by Crippen LogP contribution is -2.44. The summed E-state index contributed by atoms with van der Waals surface area (Å²) in [6, 6.07) is 7.09. The molecule has 2 aromatic heterocycles. The molecule has 0 fully saturated rings. The molecule has 174 valence electrons. The first-order chi connectivity index (χ1) is 15.4. The average Bonchev–Trinajstić information content (AvgIpc) is 3.35. The van der Waals surface area contributed by atoms with Crippen LogP contribution in [-0.4, -0.2) is 35.7 Å². The van der Waals surface area contributed by atoms with Crippen LogP contribution in [0.25, 0.3) is 33.3 Å². The monoisotopic (exact) mass is 483 g/mol. The molecule has 4 rings (SSSR count). The highest BCUT2D eigenvalue weighted by atomic mass is 32.2. The van der Waals surface area contributed by atoms with E-state index in [9.17, 15) is 31.5 Å². The van der Waals surface area contributed by atoms with E-state index in [1.54, 1.807) is 13.8 Å². The number of sulfonamides is 1. The Labute approximate surface area is 184 Å². The van der Waals surface area contributed by atoms with Gasteiger partial charge in [-0.2, -0.15) is 22.9 Å². The summed E-state index contributed by atoms with van der Waals surface area (Å²) in [5.41, 5.74) is 0.774. The van der Waals surface area contributed by atoms with Gasteiger partial charge in [0.05, 0.1) is 4.90 Å². The minimum atomic E-state index is -4.77. The molecule has 2 heterocycles. The van der Waals surface area contributed by atoms with E-state index >= 15 is 0 Å². The number of carboxylic acids is 1. The molecule has 0 aliphatic rings. The fraction of sp³-hybridized carbons (Fsp3) is 0.250. The van der Waals surface area contributed by atoms with Gasteiger partial charge in [0, 0.05) is 22.4 Å². The van der Waals surface area contributed by atoms with Gasteiger partial charge in [-0.15, -0.1) is 0 Å². The maximum Gasteiger partial charge on any atom is 0.471 e. The van der Waals surface area contributed by atoms with E-state index in [0.29, 0.717) is 16.4 Å². The molecule has 13 heteroatoms. The second kappa shape index (κ2) is 7.85. The van der Waals surface area contributed by atoms with Gasteiger partial charge >= 0.3 is 18.0 Å². The first kappa shape index (κ1) is 22.7. The molecule has 0 aliphatic carbocycles. The summed E-state index contributed by atoms with van der Waals surface area (Å²) >= 11 is 0. The van der Waals surface area contributed by atoms with Crippen LogP contribution in [0.4, 0.5) is 13.2 Å². The lowest BCUT2D eigenvalue weighted by atomic mass is 10.1. The molecular formula is C20H16F3N3O6S. The molecule has 0 bridgehead atoms. The number of nitrogens with one attached hydrogen (secondary N) is 1. The van der Waals surface area contributed by atoms with Gasteiger partial charge in [0.15, 0.2) is 0 Å². The quantitative estimate of drug-likeness (QED) is 0.419. The second-order valence-electron chi connectivity index (χ2n) is 7.57. The SMILES string of the molecule is CC(C)[C@H](NS(=O)(=O)c1ccc2c(c1)oc1ccc(-c3noc(C(F)(F)F)n3)cc12)C(=O)O. The van der Waals surface area contributed by atoms with E-state index in [1.807, 2.05) is 0 Å². The number of nitrogens with zero attached hydrogens (tertiary/aromatic N) is 2. The summed E-state index contributed by atoms with van der Waals surface area (Å²) in [7, 11) is -4.17. The van der Waals surface area contributed by atoms with Gasteiger partial charge in [0.2, 0.25) is 15.8 Å². The van der Waals surface area contributed by atoms with E-state index in [2.05, 4.69) is 19.4 Å². The Morgan fingerprint density at radius 1 is 1.09 bits per heavy atom. The van der Waals surface area contributed by atoms with Crippen LogP contribution in [0.3, 0.4) is 0 Å². The zero-order chi connectivity index (χ0) is 24.1. The smallest absolute Gasteiger partial charge is 0.471 e. The number of carbonyl (C=O) groups is 1. The summed E-state index contributed by atoms with van der Waals surface area (Å²) in [5.74, 6) is -3.54. The number of benzene rings is 2. The van der Waals surface area contributed by atoms with Crippen molar-refractivity contribution in [3.8, 4) is 11.4 Å². The zero-order valence-corrected chi connectivity index (χ0v) is 17.9. The number of hydrogen-bond acceptors (Lipinski definition) is 7. The van der Waals surface area contributed by atoms with Crippen molar-refractivity contribution in [2.45, 2.75) is 31.0 Å². The summed E-state index contributed by atoms with van der Waals surface area (Å²) in [6.45, 7) is 3.14. The molecule has 4 aromatic rings. The number of carboxylic acid groups (broad SMARTS) is 1. The van der Waals surface area contributed by atoms with Crippen molar-refractivity contribution < 1.29 is 40.4 Å². The van der Waals surface area contributed by atoms with Crippen molar-refractivity contribution in [1.29, 1.82) is 0 Å². The van der Waals surface area contributed by atoms with Crippen LogP contribution in [0.5, 0.6) is 0 Å². The third kappa shape index (κ3) is 4.28. The summed E-state index contributed by atoms with van der Waals surface area (Å²) in [5, 5.41) is 13.6. The van der Waals surface area contributed by atoms with Gasteiger partial charge in [0.1, 0.15) is 17.2 Å². The average molecular weight is 483 g/mol. The molecule has 33 heavy (non-hydrogen) atoms. The van der Waals surface area contributed by atoms with Crippen LogP contribution in [-0.2, 0) is 21.0 Å². The molecule has 2 N–H and O–H groups in total. The summed E-state index contributed by atoms with van der Waals surface area (Å²) in [6.07, 6.45) is -4.77. The highest BCUT2D eigenvalue weighted by Gasteiger charge is 2.38. The third-order valence-corrected chi connectivity index (χ3v) is 6.33. The largest absolute Gasteiger partial charge is 0.480 e. The molecule has 2 aromatic carbocycles. The lowest BCUT2D eigenvalue weighted by molar-refractivity contribution is -0.159. The predicted octanol–water partition coefficient (Wildman–Crippen LogP) is 4.04. The Morgan fingerprint density at radius 3 is 2.42 bits per heavy atom. The highest BCUT2D eigenvalue weighted by molar-refractivity contribution is 7.89. The van der Waals surface area contributed by atoms with Crippen LogP contribution >= 0.6 is 0 Å². The van der Waals surface area contributed by atoms with Crippen LogP contribution in [0, 0.1) is 5.92 Å². The molecule has 0 aliphatic heterocycles. The zero-order valence-electron chi connectivity index (χ0n) is 17.0. The van der Waals surface area contributed by atoms with Gasteiger partial charge < -0.3 is 14.0 Å². The summed E-state index contributed by atoms with van der Waals surface area (Å²) in [4.78, 5) is 14.5. The number of rotatable bonds is 6. The van der Waals surface area contributed by atoms with Crippen molar-refractivity contribution in [3.63, 3.8) is 0 Å². The minimum absolute atomic E-state index is 0.186. The van der Waals surface area contributed by atoms with Crippen molar-refractivity contribution >= 4 is 37.9 Å². The first-order valence-corrected chi connectivity index (χ1v) is 11.0. The number of halogens is 3. The Kier molecular flexibility index (Phi) is 5.41. The fourth-order valence-corrected chi connectivity index (χ4v) is 4.58. The van der Waals surface area contributed by atoms with E-state index in [0.717, 1.165) is 0 Å². The Hall–Kier alpha value is -3.45. The fourth-order valence-electron chi connectivity index (χ4n) is 3.23. The number of aliphatic carboxylic acids is 1. The maximum atomic E-state index is 12.7. The highest BCUT2D eigenvalue weighted by Crippen LogP contribution is 2.34. The molecule has 0 radical (unpaired) electrons. The van der Waals surface area contributed by atoms with E-state index < -0.39 is 40.0 Å². The lowest BCUT2D eigenvalue weighted by Gasteiger charge is -2.17. The number of fused-ring (bicyclic) bond motifs is 3. The molecule has 0 saturated heterocycles. The third-order valence-electron chi connectivity index (χ3n) is 4.89. The first-order valence-electron chi connectivity index (χ1n) is 9.49. The van der Waals surface area contributed by atoms with Crippen LogP contribution < -0.4 is 4.72 Å². The molecule has 0 unspecified atom stereocenters. The number of alkyl halides is 3. The Bertz CT molecular complexity index is 1470. The van der Waals surface area contributed by atoms with Crippen molar-refractivity contribution in [2.24, 2.45) is 5.92 Å². The molecular weight excluding hydrogens is 467 g/mol. The topological polar surface area (TPSA) is 136 Å². The van der Waals surface area contributed by atoms with Gasteiger partial charge in [-0.3, -0.25) is 4.79 Å². The molecule has 0 saturated carbocycles. The predicted molar refractivity (Wildman–Crippen MR) is 109 cm³/mol.